The van der Waals surface area contributed by atoms with Crippen LogP contribution in [0.4, 0.5) is 5.69 Å². The number of nitrogens with one attached hydrogen (secondary N) is 1. The summed E-state index contributed by atoms with van der Waals surface area (Å²) < 4.78 is 29.8. The van der Waals surface area contributed by atoms with Crippen molar-refractivity contribution in [2.75, 3.05) is 17.6 Å². The number of carbonyl (C=O) groups is 1. The van der Waals surface area contributed by atoms with Crippen LogP contribution in [-0.2, 0) is 14.8 Å². The number of carboxylic acid groups (broad SMARTS) is 1. The van der Waals surface area contributed by atoms with Crippen LogP contribution in [0.3, 0.4) is 0 Å². The number of rotatable bonds is 5. The number of sulfonamides is 1. The summed E-state index contributed by atoms with van der Waals surface area (Å²) in [6.45, 7) is 0. The van der Waals surface area contributed by atoms with Crippen molar-refractivity contribution < 1.29 is 23.1 Å². The molecule has 94 valence electrons. The second kappa shape index (κ2) is 5.24. The number of aliphatic carboxylic acids is 1. The van der Waals surface area contributed by atoms with Gasteiger partial charge in [-0.05, 0) is 18.2 Å². The van der Waals surface area contributed by atoms with Gasteiger partial charge in [-0.1, -0.05) is 11.6 Å². The van der Waals surface area contributed by atoms with Crippen molar-refractivity contribution in [1.29, 1.82) is 0 Å². The summed E-state index contributed by atoms with van der Waals surface area (Å²) in [6, 6.07) is 4.33. The van der Waals surface area contributed by atoms with Crippen LogP contribution in [0.2, 0.25) is 5.02 Å². The van der Waals surface area contributed by atoms with Gasteiger partial charge in [0.15, 0.2) is 5.75 Å². The average molecular weight is 280 g/mol. The van der Waals surface area contributed by atoms with Gasteiger partial charge in [-0.3, -0.25) is 9.52 Å². The molecule has 0 heterocycles. The number of hydrogen-bond donors (Lipinski definition) is 2. The molecule has 0 aromatic heterocycles. The van der Waals surface area contributed by atoms with Crippen LogP contribution in [0.25, 0.3) is 0 Å². The molecule has 1 aromatic rings. The molecule has 1 rings (SSSR count). The lowest BCUT2D eigenvalue weighted by molar-refractivity contribution is -0.134. The molecule has 0 unspecified atom stereocenters. The van der Waals surface area contributed by atoms with Gasteiger partial charge in [0.25, 0.3) is 0 Å². The van der Waals surface area contributed by atoms with Gasteiger partial charge in [0.05, 0.1) is 12.8 Å². The fraction of sp³-hybridized carbons (Fsp3) is 0.222. The van der Waals surface area contributed by atoms with Crippen LogP contribution in [0.1, 0.15) is 0 Å². The van der Waals surface area contributed by atoms with Gasteiger partial charge in [-0.25, -0.2) is 8.42 Å². The average Bonchev–Trinajstić information content (AvgIpc) is 2.14. The van der Waals surface area contributed by atoms with Crippen molar-refractivity contribution >= 4 is 33.3 Å². The molecule has 0 radical (unpaired) electrons. The first-order chi connectivity index (χ1) is 7.84. The second-order valence-corrected chi connectivity index (χ2v) is 5.26. The fourth-order valence-electron chi connectivity index (χ4n) is 1.13. The van der Waals surface area contributed by atoms with E-state index in [2.05, 4.69) is 4.72 Å². The largest absolute Gasteiger partial charge is 0.495 e. The summed E-state index contributed by atoms with van der Waals surface area (Å²) in [5.74, 6) is -2.22. The van der Waals surface area contributed by atoms with Crippen LogP contribution >= 0.6 is 11.6 Å². The molecule has 0 bridgehead atoms. The minimum Gasteiger partial charge on any atom is -0.495 e. The third kappa shape index (κ3) is 4.12. The molecule has 0 aliphatic carbocycles. The van der Waals surface area contributed by atoms with Crippen molar-refractivity contribution in [2.45, 2.75) is 0 Å². The second-order valence-electron chi connectivity index (χ2n) is 3.10. The lowest BCUT2D eigenvalue weighted by Gasteiger charge is -2.10. The summed E-state index contributed by atoms with van der Waals surface area (Å²) in [4.78, 5) is 10.4. The van der Waals surface area contributed by atoms with E-state index < -0.39 is 21.7 Å². The summed E-state index contributed by atoms with van der Waals surface area (Å²) in [6.07, 6.45) is 0. The zero-order valence-corrected chi connectivity index (χ0v) is 10.4. The molecule has 0 atom stereocenters. The third-order valence-corrected chi connectivity index (χ3v) is 3.13. The Morgan fingerprint density at radius 1 is 1.53 bits per heavy atom. The van der Waals surface area contributed by atoms with E-state index in [1.54, 1.807) is 0 Å². The Labute approximate surface area is 103 Å². The van der Waals surface area contributed by atoms with E-state index in [1.165, 1.54) is 25.3 Å². The smallest absolute Gasteiger partial charge is 0.320 e. The quantitative estimate of drug-likeness (QED) is 0.844. The predicted octanol–water partition coefficient (Wildman–Crippen LogP) is 1.17. The molecule has 6 nitrogen and oxygen atoms in total. The Hall–Kier alpha value is -1.47. The minimum absolute atomic E-state index is 0.0984. The fourth-order valence-corrected chi connectivity index (χ4v) is 2.19. The number of hydrogen-bond acceptors (Lipinski definition) is 4. The summed E-state index contributed by atoms with van der Waals surface area (Å²) in [5, 5.41) is 8.74. The highest BCUT2D eigenvalue weighted by atomic mass is 35.5. The summed E-state index contributed by atoms with van der Waals surface area (Å²) >= 11 is 5.70. The first-order valence-corrected chi connectivity index (χ1v) is 6.43. The van der Waals surface area contributed by atoms with Crippen LogP contribution in [0, 0.1) is 0 Å². The van der Waals surface area contributed by atoms with Crippen LogP contribution in [-0.4, -0.2) is 32.4 Å². The Bertz CT molecular complexity index is 528. The van der Waals surface area contributed by atoms with Gasteiger partial charge in [-0.15, -0.1) is 0 Å². The molecule has 8 heteroatoms. The van der Waals surface area contributed by atoms with Gasteiger partial charge in [0.2, 0.25) is 10.0 Å². The van der Waals surface area contributed by atoms with Crippen LogP contribution in [0.15, 0.2) is 18.2 Å². The van der Waals surface area contributed by atoms with E-state index in [0.29, 0.717) is 5.02 Å². The van der Waals surface area contributed by atoms with Gasteiger partial charge < -0.3 is 9.84 Å². The van der Waals surface area contributed by atoms with Crippen molar-refractivity contribution in [3.63, 3.8) is 0 Å². The van der Waals surface area contributed by atoms with Gasteiger partial charge in [-0.2, -0.15) is 0 Å². The number of methoxy groups -OCH3 is 1. The maximum Gasteiger partial charge on any atom is 0.320 e. The van der Waals surface area contributed by atoms with E-state index in [0.717, 1.165) is 0 Å². The third-order valence-electron chi connectivity index (χ3n) is 1.74. The van der Waals surface area contributed by atoms with Gasteiger partial charge in [0, 0.05) is 5.02 Å². The number of halogens is 1. The molecule has 17 heavy (non-hydrogen) atoms. The van der Waals surface area contributed by atoms with Crippen molar-refractivity contribution in [1.82, 2.24) is 0 Å². The zero-order valence-electron chi connectivity index (χ0n) is 8.81. The standard InChI is InChI=1S/C9H10ClNO5S/c1-16-8-3-2-6(10)4-7(8)11-17(14,15)5-9(12)13/h2-4,11H,5H2,1H3,(H,12,13). The highest BCUT2D eigenvalue weighted by Crippen LogP contribution is 2.28. The molecule has 0 aliphatic heterocycles. The SMILES string of the molecule is COc1ccc(Cl)cc1NS(=O)(=O)CC(=O)O. The normalized spacial score (nSPS) is 10.9. The van der Waals surface area contributed by atoms with E-state index in [9.17, 15) is 13.2 Å². The van der Waals surface area contributed by atoms with Crippen molar-refractivity contribution in [2.24, 2.45) is 0 Å². The highest BCUT2D eigenvalue weighted by Gasteiger charge is 2.17. The molecule has 0 saturated heterocycles. The van der Waals surface area contributed by atoms with E-state index in [1.807, 2.05) is 0 Å². The molecular weight excluding hydrogens is 270 g/mol. The minimum atomic E-state index is -3.97. The lowest BCUT2D eigenvalue weighted by Crippen LogP contribution is -2.22. The van der Waals surface area contributed by atoms with Crippen LogP contribution in [0.5, 0.6) is 5.75 Å². The van der Waals surface area contributed by atoms with Crippen molar-refractivity contribution in [3.05, 3.63) is 23.2 Å². The molecule has 0 spiro atoms. The Morgan fingerprint density at radius 3 is 2.71 bits per heavy atom. The summed E-state index contributed by atoms with van der Waals surface area (Å²) in [7, 11) is -2.61. The maximum absolute atomic E-state index is 11.4. The maximum atomic E-state index is 11.4. The molecule has 0 fully saturated rings. The molecule has 0 aliphatic rings. The topological polar surface area (TPSA) is 92.7 Å². The Balaban J connectivity index is 3.02. The Morgan fingerprint density at radius 2 is 2.18 bits per heavy atom. The lowest BCUT2D eigenvalue weighted by atomic mass is 10.3. The van der Waals surface area contributed by atoms with Crippen LogP contribution < -0.4 is 9.46 Å². The van der Waals surface area contributed by atoms with E-state index in [4.69, 9.17) is 21.4 Å². The first-order valence-electron chi connectivity index (χ1n) is 4.40. The molecule has 2 N–H and O–H groups in total. The zero-order chi connectivity index (χ0) is 13.1. The first kappa shape index (κ1) is 13.6. The number of carboxylic acids is 1. The molecular formula is C9H10ClNO5S. The Kier molecular flexibility index (Phi) is 4.19. The number of ether oxygens (including phenoxy) is 1. The molecule has 0 amide bonds. The predicted molar refractivity (Wildman–Crippen MR) is 63.0 cm³/mol. The van der Waals surface area contributed by atoms with Crippen molar-refractivity contribution in [3.8, 4) is 5.75 Å². The van der Waals surface area contributed by atoms with Gasteiger partial charge in [0.1, 0.15) is 5.75 Å². The van der Waals surface area contributed by atoms with E-state index in [-0.39, 0.29) is 11.4 Å². The molecule has 0 saturated carbocycles. The monoisotopic (exact) mass is 279 g/mol. The van der Waals surface area contributed by atoms with E-state index >= 15 is 0 Å². The van der Waals surface area contributed by atoms with Gasteiger partial charge >= 0.3 is 5.97 Å². The summed E-state index contributed by atoms with van der Waals surface area (Å²) in [5.41, 5.74) is 0.0984. The molecule has 1 aromatic carbocycles. The number of benzene rings is 1. The highest BCUT2D eigenvalue weighted by molar-refractivity contribution is 7.93. The number of anilines is 1.